The molecule has 0 aliphatic carbocycles. The van der Waals surface area contributed by atoms with Crippen molar-refractivity contribution in [1.82, 2.24) is 19.5 Å². The van der Waals surface area contributed by atoms with Crippen molar-refractivity contribution >= 4 is 17.0 Å². The van der Waals surface area contributed by atoms with Gasteiger partial charge in [0.25, 0.3) is 0 Å². The van der Waals surface area contributed by atoms with Crippen LogP contribution in [0.2, 0.25) is 0 Å². The molecule has 19 heavy (non-hydrogen) atoms. The predicted molar refractivity (Wildman–Crippen MR) is 61.3 cm³/mol. The minimum absolute atomic E-state index is 0.0951. The Morgan fingerprint density at radius 2 is 2.11 bits per heavy atom. The third-order valence-electron chi connectivity index (χ3n) is 3.17. The lowest BCUT2D eigenvalue weighted by Crippen LogP contribution is -2.30. The van der Waals surface area contributed by atoms with Crippen molar-refractivity contribution in [2.24, 2.45) is 0 Å². The Bertz CT molecular complexity index is 633. The van der Waals surface area contributed by atoms with Gasteiger partial charge in [0.05, 0.1) is 12.4 Å². The number of hydrogen-bond donors (Lipinski definition) is 3. The van der Waals surface area contributed by atoms with Crippen LogP contribution in [-0.2, 0) is 4.74 Å². The molecule has 102 valence electrons. The largest absolute Gasteiger partial charge is 0.388 e. The first-order valence-electron chi connectivity index (χ1n) is 5.66. The fourth-order valence-electron chi connectivity index (χ4n) is 2.15. The first-order chi connectivity index (χ1) is 8.99. The summed E-state index contributed by atoms with van der Waals surface area (Å²) in [7, 11) is 0. The van der Waals surface area contributed by atoms with Crippen LogP contribution in [-0.4, -0.2) is 48.0 Å². The fraction of sp³-hybridized carbons (Fsp3) is 0.500. The minimum Gasteiger partial charge on any atom is -0.388 e. The average Bonchev–Trinajstić information content (AvgIpc) is 2.86. The molecule has 0 spiro atoms. The van der Waals surface area contributed by atoms with Gasteiger partial charge in [-0.25, -0.2) is 4.98 Å². The highest BCUT2D eigenvalue weighted by molar-refractivity contribution is 5.81. The number of anilines is 1. The number of aliphatic hydroxyl groups excluding tert-OH is 2. The molecule has 9 heteroatoms. The van der Waals surface area contributed by atoms with E-state index in [1.807, 2.05) is 0 Å². The van der Waals surface area contributed by atoms with Crippen LogP contribution >= 0.6 is 0 Å². The molecule has 0 aromatic carbocycles. The molecule has 2 aromatic rings. The first-order valence-corrected chi connectivity index (χ1v) is 5.66. The predicted octanol–water partition coefficient (Wildman–Crippen LogP) is -0.813. The summed E-state index contributed by atoms with van der Waals surface area (Å²) in [5, 5.41) is 19.6. The van der Waals surface area contributed by atoms with Crippen molar-refractivity contribution in [3.05, 3.63) is 12.4 Å². The van der Waals surface area contributed by atoms with E-state index in [1.165, 1.54) is 10.9 Å². The summed E-state index contributed by atoms with van der Waals surface area (Å²) < 4.78 is 19.9. The van der Waals surface area contributed by atoms with Gasteiger partial charge in [-0.05, 0) is 6.92 Å². The molecular weight excluding hydrogens is 257 g/mol. The Kier molecular flexibility index (Phi) is 2.62. The number of aromatic nitrogens is 4. The zero-order valence-corrected chi connectivity index (χ0v) is 9.93. The van der Waals surface area contributed by atoms with Gasteiger partial charge in [-0.2, -0.15) is 14.4 Å². The molecule has 1 aliphatic heterocycles. The topological polar surface area (TPSA) is 119 Å². The van der Waals surface area contributed by atoms with E-state index in [-0.39, 0.29) is 17.0 Å². The number of nitrogens with zero attached hydrogens (tertiary/aromatic N) is 4. The smallest absolute Gasteiger partial charge is 0.312 e. The number of nitrogen functional groups attached to an aromatic ring is 1. The number of hydrogen-bond acceptors (Lipinski definition) is 7. The lowest BCUT2D eigenvalue weighted by atomic mass is 10.1. The summed E-state index contributed by atoms with van der Waals surface area (Å²) in [6.45, 7) is 1.62. The number of halogens is 1. The molecule has 0 bridgehead atoms. The van der Waals surface area contributed by atoms with Crippen LogP contribution in [0.5, 0.6) is 0 Å². The average molecular weight is 269 g/mol. The molecule has 3 heterocycles. The number of ether oxygens (including phenoxy) is 1. The van der Waals surface area contributed by atoms with Crippen molar-refractivity contribution in [3.63, 3.8) is 0 Å². The van der Waals surface area contributed by atoms with Gasteiger partial charge < -0.3 is 20.7 Å². The molecule has 1 aliphatic rings. The van der Waals surface area contributed by atoms with E-state index in [9.17, 15) is 14.6 Å². The molecular formula is C10H12FN5O3. The fourth-order valence-corrected chi connectivity index (χ4v) is 2.15. The van der Waals surface area contributed by atoms with E-state index < -0.39 is 30.6 Å². The Morgan fingerprint density at radius 1 is 1.37 bits per heavy atom. The second kappa shape index (κ2) is 4.08. The Hall–Kier alpha value is -1.84. The van der Waals surface area contributed by atoms with Crippen LogP contribution in [0, 0.1) is 6.08 Å². The molecule has 4 atom stereocenters. The lowest BCUT2D eigenvalue weighted by Gasteiger charge is -2.16. The SMILES string of the molecule is CC1OC(n2cnc3c(N)nc(F)nc32)C(O)C1O. The normalized spacial score (nSPS) is 31.2. The summed E-state index contributed by atoms with van der Waals surface area (Å²) in [5.41, 5.74) is 5.86. The molecule has 4 N–H and O–H groups in total. The number of imidazole rings is 1. The molecule has 0 saturated carbocycles. The molecule has 8 nitrogen and oxygen atoms in total. The van der Waals surface area contributed by atoms with Crippen molar-refractivity contribution in [1.29, 1.82) is 0 Å². The van der Waals surface area contributed by atoms with E-state index in [0.29, 0.717) is 0 Å². The van der Waals surface area contributed by atoms with Crippen molar-refractivity contribution in [3.8, 4) is 0 Å². The van der Waals surface area contributed by atoms with Gasteiger partial charge in [0, 0.05) is 0 Å². The van der Waals surface area contributed by atoms with Crippen molar-refractivity contribution in [2.75, 3.05) is 5.73 Å². The summed E-state index contributed by atoms with van der Waals surface area (Å²) in [6.07, 6.45) is -3.33. The summed E-state index contributed by atoms with van der Waals surface area (Å²) in [6, 6.07) is 0. The zero-order chi connectivity index (χ0) is 13.7. The maximum atomic E-state index is 13.2. The summed E-state index contributed by atoms with van der Waals surface area (Å²) in [5.74, 6) is -0.0951. The van der Waals surface area contributed by atoms with Crippen molar-refractivity contribution < 1.29 is 19.3 Å². The van der Waals surface area contributed by atoms with Crippen LogP contribution in [0.4, 0.5) is 10.2 Å². The standard InChI is InChI=1S/C10H12FN5O3/c1-3-5(17)6(18)9(19-3)16-2-13-4-7(12)14-10(11)15-8(4)16/h2-3,5-6,9,17-18H,1H3,(H2,12,14,15). The first kappa shape index (κ1) is 12.2. The monoisotopic (exact) mass is 269 g/mol. The molecule has 0 amide bonds. The highest BCUT2D eigenvalue weighted by Crippen LogP contribution is 2.31. The zero-order valence-electron chi connectivity index (χ0n) is 9.93. The maximum absolute atomic E-state index is 13.2. The number of fused-ring (bicyclic) bond motifs is 1. The molecule has 3 rings (SSSR count). The van der Waals surface area contributed by atoms with Crippen LogP contribution in [0.15, 0.2) is 6.33 Å². The van der Waals surface area contributed by atoms with Gasteiger partial charge in [0.15, 0.2) is 23.2 Å². The third-order valence-corrected chi connectivity index (χ3v) is 3.17. The Morgan fingerprint density at radius 3 is 2.74 bits per heavy atom. The third kappa shape index (κ3) is 1.74. The van der Waals surface area contributed by atoms with E-state index >= 15 is 0 Å². The van der Waals surface area contributed by atoms with Crippen molar-refractivity contribution in [2.45, 2.75) is 31.5 Å². The summed E-state index contributed by atoms with van der Waals surface area (Å²) in [4.78, 5) is 10.9. The minimum atomic E-state index is -1.16. The van der Waals surface area contributed by atoms with Gasteiger partial charge in [-0.1, -0.05) is 0 Å². The van der Waals surface area contributed by atoms with Crippen LogP contribution in [0.25, 0.3) is 11.2 Å². The van der Waals surface area contributed by atoms with Gasteiger partial charge in [-0.15, -0.1) is 0 Å². The Labute approximate surface area is 106 Å². The maximum Gasteiger partial charge on any atom is 0.312 e. The second-order valence-corrected chi connectivity index (χ2v) is 4.41. The van der Waals surface area contributed by atoms with Crippen LogP contribution in [0.1, 0.15) is 13.2 Å². The molecule has 0 radical (unpaired) electrons. The Balaban J connectivity index is 2.11. The quantitative estimate of drug-likeness (QED) is 0.579. The highest BCUT2D eigenvalue weighted by Gasteiger charge is 2.42. The number of rotatable bonds is 1. The van der Waals surface area contributed by atoms with Gasteiger partial charge in [0.2, 0.25) is 0 Å². The highest BCUT2D eigenvalue weighted by atomic mass is 19.1. The van der Waals surface area contributed by atoms with Crippen LogP contribution < -0.4 is 5.73 Å². The van der Waals surface area contributed by atoms with E-state index in [1.54, 1.807) is 6.92 Å². The van der Waals surface area contributed by atoms with Gasteiger partial charge >= 0.3 is 6.08 Å². The molecule has 1 fully saturated rings. The summed E-state index contributed by atoms with van der Waals surface area (Å²) >= 11 is 0. The lowest BCUT2D eigenvalue weighted by molar-refractivity contribution is -0.0300. The number of aliphatic hydroxyl groups is 2. The van der Waals surface area contributed by atoms with E-state index in [2.05, 4.69) is 15.0 Å². The van der Waals surface area contributed by atoms with Gasteiger partial charge in [-0.3, -0.25) is 4.57 Å². The molecule has 4 unspecified atom stereocenters. The molecule has 2 aromatic heterocycles. The number of nitrogens with two attached hydrogens (primary N) is 1. The molecule has 1 saturated heterocycles. The van der Waals surface area contributed by atoms with Crippen LogP contribution in [0.3, 0.4) is 0 Å². The van der Waals surface area contributed by atoms with Gasteiger partial charge in [0.1, 0.15) is 12.2 Å². The second-order valence-electron chi connectivity index (χ2n) is 4.41. The van der Waals surface area contributed by atoms with E-state index in [4.69, 9.17) is 10.5 Å². The van der Waals surface area contributed by atoms with E-state index in [0.717, 1.165) is 0 Å².